The van der Waals surface area contributed by atoms with Crippen LogP contribution in [0.3, 0.4) is 0 Å². The van der Waals surface area contributed by atoms with Gasteiger partial charge in [0.1, 0.15) is 11.2 Å². The molecule has 1 N–H and O–H groups in total. The summed E-state index contributed by atoms with van der Waals surface area (Å²) in [5, 5.41) is 5.53. The van der Waals surface area contributed by atoms with E-state index in [4.69, 9.17) is 11.6 Å². The first-order chi connectivity index (χ1) is 16.5. The Morgan fingerprint density at radius 1 is 1.09 bits per heavy atom. The number of hydrogen-bond acceptors (Lipinski definition) is 6. The van der Waals surface area contributed by atoms with Crippen molar-refractivity contribution < 1.29 is 9.18 Å². The minimum Gasteiger partial charge on any atom is -0.368 e. The Morgan fingerprint density at radius 2 is 1.85 bits per heavy atom. The van der Waals surface area contributed by atoms with Gasteiger partial charge in [-0.1, -0.05) is 29.4 Å². The van der Waals surface area contributed by atoms with E-state index in [1.165, 1.54) is 30.1 Å². The largest absolute Gasteiger partial charge is 0.368 e. The Hall–Kier alpha value is -3.37. The quantitative estimate of drug-likeness (QED) is 0.335. The number of fused-ring (bicyclic) bond motifs is 1. The molecule has 0 unspecified atom stereocenters. The van der Waals surface area contributed by atoms with E-state index in [1.54, 1.807) is 39.9 Å². The molecule has 0 bridgehead atoms. The number of aromatic nitrogens is 4. The molecule has 1 aliphatic rings. The van der Waals surface area contributed by atoms with Crippen molar-refractivity contribution in [1.29, 1.82) is 0 Å². The number of nitrogens with one attached hydrogen (secondary N) is 1. The van der Waals surface area contributed by atoms with Crippen molar-refractivity contribution >= 4 is 46.0 Å². The van der Waals surface area contributed by atoms with E-state index >= 15 is 0 Å². The molecule has 34 heavy (non-hydrogen) atoms. The summed E-state index contributed by atoms with van der Waals surface area (Å²) in [6.07, 6.45) is 1.46. The molecule has 5 rings (SSSR count). The van der Waals surface area contributed by atoms with Gasteiger partial charge in [-0.2, -0.15) is 5.10 Å². The van der Waals surface area contributed by atoms with Crippen LogP contribution in [0, 0.1) is 5.82 Å². The minimum atomic E-state index is -0.318. The lowest BCUT2D eigenvalue weighted by molar-refractivity contribution is -0.128. The zero-order chi connectivity index (χ0) is 23.7. The highest BCUT2D eigenvalue weighted by Crippen LogP contribution is 2.21. The highest BCUT2D eigenvalue weighted by atomic mass is 35.5. The molecule has 4 aromatic rings. The van der Waals surface area contributed by atoms with E-state index in [0.29, 0.717) is 53.1 Å². The molecule has 1 aliphatic heterocycles. The summed E-state index contributed by atoms with van der Waals surface area (Å²) in [5.74, 6) is -0.152. The monoisotopic (exact) mass is 498 g/mol. The minimum absolute atomic E-state index is 0.0325. The number of carbonyl (C=O) groups excluding carboxylic acids is 1. The molecule has 0 radical (unpaired) electrons. The number of nitrogens with zero attached hydrogens (tertiary/aromatic N) is 5. The smallest absolute Gasteiger partial charge is 0.262 e. The Kier molecular flexibility index (Phi) is 6.25. The van der Waals surface area contributed by atoms with Gasteiger partial charge in [-0.05, 0) is 42.5 Å². The third kappa shape index (κ3) is 4.64. The molecule has 0 atom stereocenters. The lowest BCUT2D eigenvalue weighted by Gasteiger charge is -2.36. The first kappa shape index (κ1) is 22.4. The van der Waals surface area contributed by atoms with Crippen LogP contribution < -0.4 is 10.5 Å². The molecule has 174 valence electrons. The van der Waals surface area contributed by atoms with Gasteiger partial charge in [0.25, 0.3) is 5.56 Å². The second-order valence-corrected chi connectivity index (χ2v) is 9.18. The van der Waals surface area contributed by atoms with E-state index in [0.717, 1.165) is 5.69 Å². The molecular weight excluding hydrogens is 479 g/mol. The van der Waals surface area contributed by atoms with Crippen molar-refractivity contribution in [2.75, 3.05) is 36.8 Å². The van der Waals surface area contributed by atoms with E-state index < -0.39 is 0 Å². The molecule has 1 saturated heterocycles. The Balaban J connectivity index is 1.25. The zero-order valence-corrected chi connectivity index (χ0v) is 19.5. The third-order valence-electron chi connectivity index (χ3n) is 5.63. The normalized spacial score (nSPS) is 14.1. The van der Waals surface area contributed by atoms with Gasteiger partial charge >= 0.3 is 0 Å². The Morgan fingerprint density at radius 3 is 2.59 bits per heavy atom. The van der Waals surface area contributed by atoms with Crippen LogP contribution in [0.15, 0.2) is 64.7 Å². The van der Waals surface area contributed by atoms with Gasteiger partial charge in [0, 0.05) is 36.9 Å². The van der Waals surface area contributed by atoms with Gasteiger partial charge in [-0.15, -0.1) is 0 Å². The fourth-order valence-corrected chi connectivity index (χ4v) is 4.79. The van der Waals surface area contributed by atoms with Crippen LogP contribution in [0.25, 0.3) is 16.7 Å². The summed E-state index contributed by atoms with van der Waals surface area (Å²) in [6.45, 7) is 2.48. The van der Waals surface area contributed by atoms with Crippen LogP contribution in [-0.4, -0.2) is 62.5 Å². The molecule has 8 nitrogen and oxygen atoms in total. The molecule has 1 fully saturated rings. The molecule has 3 heterocycles. The zero-order valence-electron chi connectivity index (χ0n) is 17.9. The van der Waals surface area contributed by atoms with Crippen molar-refractivity contribution in [1.82, 2.24) is 24.6 Å². The first-order valence-electron chi connectivity index (χ1n) is 10.6. The number of carbonyl (C=O) groups is 1. The maximum absolute atomic E-state index is 13.2. The molecule has 0 aliphatic carbocycles. The number of piperazine rings is 1. The Labute approximate surface area is 203 Å². The van der Waals surface area contributed by atoms with Crippen molar-refractivity contribution in [2.45, 2.75) is 5.16 Å². The van der Waals surface area contributed by atoms with Gasteiger partial charge in [-0.25, -0.2) is 14.1 Å². The van der Waals surface area contributed by atoms with Crippen LogP contribution in [0.4, 0.5) is 10.1 Å². The summed E-state index contributed by atoms with van der Waals surface area (Å²) < 4.78 is 14.7. The third-order valence-corrected chi connectivity index (χ3v) is 6.72. The van der Waals surface area contributed by atoms with E-state index in [1.807, 2.05) is 6.07 Å². The average Bonchev–Trinajstić information content (AvgIpc) is 3.28. The van der Waals surface area contributed by atoms with E-state index in [2.05, 4.69) is 20.0 Å². The molecule has 0 spiro atoms. The summed E-state index contributed by atoms with van der Waals surface area (Å²) >= 11 is 7.27. The number of benzene rings is 2. The van der Waals surface area contributed by atoms with Gasteiger partial charge in [-0.3, -0.25) is 9.59 Å². The molecule has 2 aromatic heterocycles. The van der Waals surface area contributed by atoms with Gasteiger partial charge in [0.05, 0.1) is 17.6 Å². The molecule has 0 saturated carbocycles. The highest BCUT2D eigenvalue weighted by molar-refractivity contribution is 7.99. The fourth-order valence-electron chi connectivity index (χ4n) is 3.85. The van der Waals surface area contributed by atoms with Crippen molar-refractivity contribution in [3.8, 4) is 5.69 Å². The fraction of sp³-hybridized carbons (Fsp3) is 0.217. The van der Waals surface area contributed by atoms with Crippen LogP contribution in [0.1, 0.15) is 0 Å². The van der Waals surface area contributed by atoms with Crippen LogP contribution >= 0.6 is 23.4 Å². The number of amides is 1. The molecule has 11 heteroatoms. The van der Waals surface area contributed by atoms with Gasteiger partial charge < -0.3 is 14.8 Å². The molecule has 1 amide bonds. The maximum Gasteiger partial charge on any atom is 0.262 e. The second-order valence-electron chi connectivity index (χ2n) is 7.78. The predicted octanol–water partition coefficient (Wildman–Crippen LogP) is 3.34. The topological polar surface area (TPSA) is 87.1 Å². The van der Waals surface area contributed by atoms with E-state index in [-0.39, 0.29) is 23.0 Å². The standard InChI is InChI=1S/C23H20ClFN6O2S/c24-15-2-1-3-18(12-15)31-21-19(13-26-31)22(33)28-23(27-21)34-14-20(32)30-10-8-29(9-11-30)17-6-4-16(25)5-7-17/h1-7,12-13H,8-11,14H2,(H,27,28,33). The summed E-state index contributed by atoms with van der Waals surface area (Å²) in [4.78, 5) is 36.5. The predicted molar refractivity (Wildman–Crippen MR) is 130 cm³/mol. The first-order valence-corrected chi connectivity index (χ1v) is 12.0. The van der Waals surface area contributed by atoms with Crippen molar-refractivity contribution in [3.05, 3.63) is 75.9 Å². The summed E-state index contributed by atoms with van der Waals surface area (Å²) in [7, 11) is 0. The average molecular weight is 499 g/mol. The Bertz CT molecular complexity index is 1400. The number of hydrogen-bond donors (Lipinski definition) is 1. The lowest BCUT2D eigenvalue weighted by Crippen LogP contribution is -2.49. The van der Waals surface area contributed by atoms with Gasteiger partial charge in [0.2, 0.25) is 5.91 Å². The summed E-state index contributed by atoms with van der Waals surface area (Å²) in [6, 6.07) is 13.5. The van der Waals surface area contributed by atoms with Crippen molar-refractivity contribution in [3.63, 3.8) is 0 Å². The lowest BCUT2D eigenvalue weighted by atomic mass is 10.2. The second kappa shape index (κ2) is 9.47. The van der Waals surface area contributed by atoms with Crippen LogP contribution in [0.5, 0.6) is 0 Å². The van der Waals surface area contributed by atoms with Crippen molar-refractivity contribution in [2.24, 2.45) is 0 Å². The number of anilines is 1. The number of aromatic amines is 1. The highest BCUT2D eigenvalue weighted by Gasteiger charge is 2.22. The number of thioether (sulfide) groups is 1. The van der Waals surface area contributed by atoms with Crippen LogP contribution in [0.2, 0.25) is 5.02 Å². The summed E-state index contributed by atoms with van der Waals surface area (Å²) in [5.41, 5.74) is 1.70. The van der Waals surface area contributed by atoms with Gasteiger partial charge in [0.15, 0.2) is 10.8 Å². The maximum atomic E-state index is 13.2. The number of rotatable bonds is 5. The molecule has 2 aromatic carbocycles. The SMILES string of the molecule is O=C(CSc1nc2c(cnn2-c2cccc(Cl)c2)c(=O)[nH]1)N1CCN(c2ccc(F)cc2)CC1. The van der Waals surface area contributed by atoms with E-state index in [9.17, 15) is 14.0 Å². The molecular formula is C23H20ClFN6O2S. The number of halogens is 2. The number of H-pyrrole nitrogens is 1. The van der Waals surface area contributed by atoms with Crippen LogP contribution in [-0.2, 0) is 4.79 Å².